The second-order valence-corrected chi connectivity index (χ2v) is 7.06. The van der Waals surface area contributed by atoms with Crippen LogP contribution in [-0.4, -0.2) is 26.2 Å². The molecule has 0 aliphatic carbocycles. The summed E-state index contributed by atoms with van der Waals surface area (Å²) in [5.74, 6) is -1.16. The molecule has 2 aromatic carbocycles. The van der Waals surface area contributed by atoms with Gasteiger partial charge in [-0.1, -0.05) is 12.1 Å². The average Bonchev–Trinajstić information content (AvgIpc) is 2.69. The number of carbonyl (C=O) groups is 1. The Bertz CT molecular complexity index is 1080. The minimum Gasteiger partial charge on any atom is -0.481 e. The van der Waals surface area contributed by atoms with Crippen molar-refractivity contribution in [1.29, 1.82) is 0 Å². The van der Waals surface area contributed by atoms with Crippen molar-refractivity contribution in [2.45, 2.75) is 19.4 Å². The van der Waals surface area contributed by atoms with E-state index in [0.717, 1.165) is 0 Å². The van der Waals surface area contributed by atoms with Crippen LogP contribution in [0.1, 0.15) is 23.7 Å². The molecule has 0 unspecified atom stereocenters. The molecule has 0 amide bonds. The molecule has 0 spiro atoms. The molecule has 7 nitrogen and oxygen atoms in total. The molecule has 0 bridgehead atoms. The quantitative estimate of drug-likeness (QED) is 0.401. The van der Waals surface area contributed by atoms with E-state index >= 15 is 0 Å². The molecule has 1 heterocycles. The Labute approximate surface area is 182 Å². The molecule has 0 saturated heterocycles. The molecule has 0 aliphatic heterocycles. The zero-order chi connectivity index (χ0) is 22.4. The van der Waals surface area contributed by atoms with Crippen molar-refractivity contribution in [3.05, 3.63) is 77.5 Å². The number of thiocarbonyl (C=S) groups is 1. The van der Waals surface area contributed by atoms with Gasteiger partial charge in [0.05, 0.1) is 12.5 Å². The second-order valence-electron chi connectivity index (χ2n) is 6.65. The number of nitrogens with one attached hydrogen (secondary N) is 3. The van der Waals surface area contributed by atoms with Crippen LogP contribution in [-0.2, 0) is 4.79 Å². The lowest BCUT2D eigenvalue weighted by molar-refractivity contribution is -0.137. The van der Waals surface area contributed by atoms with Gasteiger partial charge in [0.15, 0.2) is 5.11 Å². The molecule has 3 aromatic rings. The van der Waals surface area contributed by atoms with Gasteiger partial charge in [-0.15, -0.1) is 0 Å². The summed E-state index contributed by atoms with van der Waals surface area (Å²) in [6.45, 7) is 1.77. The number of rotatable bonds is 7. The van der Waals surface area contributed by atoms with Crippen LogP contribution in [0.5, 0.6) is 0 Å². The number of halogens is 2. The van der Waals surface area contributed by atoms with Crippen molar-refractivity contribution < 1.29 is 18.7 Å². The predicted molar refractivity (Wildman–Crippen MR) is 117 cm³/mol. The number of hydrogen-bond donors (Lipinski definition) is 4. The van der Waals surface area contributed by atoms with Crippen LogP contribution >= 0.6 is 12.2 Å². The summed E-state index contributed by atoms with van der Waals surface area (Å²) in [4.78, 5) is 19.8. The molecule has 0 aliphatic rings. The standard InChI is InChI=1S/C21H19F2N5O2S/c1-12-10-18(25-16-8-6-15(23)7-9-16)27-20(24-12)28-21(31)26-17(11-19(29)30)13-2-4-14(22)5-3-13/h2-10,17H,11H2,1H3,(H,29,30)(H3,24,25,26,27,28,31)/t17-/m0/s1. The highest BCUT2D eigenvalue weighted by atomic mass is 32.1. The highest BCUT2D eigenvalue weighted by Crippen LogP contribution is 2.19. The number of aromatic nitrogens is 2. The molecule has 0 radical (unpaired) electrons. The van der Waals surface area contributed by atoms with E-state index in [-0.39, 0.29) is 23.3 Å². The van der Waals surface area contributed by atoms with Gasteiger partial charge in [0.1, 0.15) is 17.5 Å². The van der Waals surface area contributed by atoms with Gasteiger partial charge in [0, 0.05) is 17.4 Å². The minimum atomic E-state index is -1.04. The summed E-state index contributed by atoms with van der Waals surface area (Å²) in [6, 6.07) is 12.3. The first-order chi connectivity index (χ1) is 14.8. The Balaban J connectivity index is 1.72. The van der Waals surface area contributed by atoms with Gasteiger partial charge in [-0.05, 0) is 61.1 Å². The highest BCUT2D eigenvalue weighted by Gasteiger charge is 2.17. The Kier molecular flexibility index (Phi) is 7.03. The van der Waals surface area contributed by atoms with E-state index in [9.17, 15) is 18.7 Å². The Hall–Kier alpha value is -3.66. The van der Waals surface area contributed by atoms with Gasteiger partial charge in [0.25, 0.3) is 0 Å². The molecule has 160 valence electrons. The molecule has 10 heteroatoms. The van der Waals surface area contributed by atoms with Gasteiger partial charge in [0.2, 0.25) is 5.95 Å². The zero-order valence-corrected chi connectivity index (χ0v) is 17.2. The number of aliphatic carboxylic acids is 1. The van der Waals surface area contributed by atoms with E-state index in [1.54, 1.807) is 25.1 Å². The van der Waals surface area contributed by atoms with Crippen molar-refractivity contribution in [2.24, 2.45) is 0 Å². The van der Waals surface area contributed by atoms with E-state index in [2.05, 4.69) is 25.9 Å². The molecule has 1 atom stereocenters. The third-order valence-corrected chi connectivity index (χ3v) is 4.37. The van der Waals surface area contributed by atoms with E-state index < -0.39 is 17.8 Å². The number of nitrogens with zero attached hydrogens (tertiary/aromatic N) is 2. The molecule has 31 heavy (non-hydrogen) atoms. The summed E-state index contributed by atoms with van der Waals surface area (Å²) < 4.78 is 26.3. The van der Waals surface area contributed by atoms with Gasteiger partial charge in [-0.25, -0.2) is 13.8 Å². The van der Waals surface area contributed by atoms with Gasteiger partial charge < -0.3 is 21.1 Å². The number of aryl methyl sites for hydroxylation is 1. The highest BCUT2D eigenvalue weighted by molar-refractivity contribution is 7.80. The fraction of sp³-hybridized carbons (Fsp3) is 0.143. The minimum absolute atomic E-state index is 0.105. The first-order valence-corrected chi connectivity index (χ1v) is 9.62. The van der Waals surface area contributed by atoms with Crippen LogP contribution in [0.25, 0.3) is 0 Å². The number of carboxylic acids is 1. The number of benzene rings is 2. The zero-order valence-electron chi connectivity index (χ0n) is 16.4. The topological polar surface area (TPSA) is 99.2 Å². The Morgan fingerprint density at radius 1 is 1.06 bits per heavy atom. The fourth-order valence-electron chi connectivity index (χ4n) is 2.79. The third kappa shape index (κ3) is 6.68. The van der Waals surface area contributed by atoms with Gasteiger partial charge in [-0.3, -0.25) is 4.79 Å². The van der Waals surface area contributed by atoms with Crippen molar-refractivity contribution in [2.75, 3.05) is 10.6 Å². The molecule has 0 fully saturated rings. The summed E-state index contributed by atoms with van der Waals surface area (Å²) in [6.07, 6.45) is -0.264. The van der Waals surface area contributed by atoms with Crippen LogP contribution in [0.3, 0.4) is 0 Å². The SMILES string of the molecule is Cc1cc(Nc2ccc(F)cc2)nc(NC(=S)N[C@@H](CC(=O)O)c2ccc(F)cc2)n1. The van der Waals surface area contributed by atoms with Crippen LogP contribution in [0.15, 0.2) is 54.6 Å². The van der Waals surface area contributed by atoms with Crippen LogP contribution in [0, 0.1) is 18.6 Å². The molecule has 3 rings (SSSR count). The average molecular weight is 443 g/mol. The Morgan fingerprint density at radius 2 is 1.68 bits per heavy atom. The lowest BCUT2D eigenvalue weighted by Crippen LogP contribution is -2.34. The second kappa shape index (κ2) is 9.90. The normalized spacial score (nSPS) is 11.5. The number of anilines is 3. The van der Waals surface area contributed by atoms with Crippen molar-refractivity contribution in [3.63, 3.8) is 0 Å². The molecule has 0 saturated carbocycles. The monoisotopic (exact) mass is 443 g/mol. The predicted octanol–water partition coefficient (Wildman–Crippen LogP) is 4.31. The van der Waals surface area contributed by atoms with Crippen LogP contribution in [0.4, 0.5) is 26.2 Å². The van der Waals surface area contributed by atoms with Crippen LogP contribution in [0.2, 0.25) is 0 Å². The van der Waals surface area contributed by atoms with Crippen LogP contribution < -0.4 is 16.0 Å². The third-order valence-electron chi connectivity index (χ3n) is 4.15. The van der Waals surface area contributed by atoms with Crippen molar-refractivity contribution in [1.82, 2.24) is 15.3 Å². The Morgan fingerprint density at radius 3 is 2.29 bits per heavy atom. The first-order valence-electron chi connectivity index (χ1n) is 9.21. The lowest BCUT2D eigenvalue weighted by Gasteiger charge is -2.19. The van der Waals surface area contributed by atoms with Gasteiger partial charge in [-0.2, -0.15) is 4.98 Å². The van der Waals surface area contributed by atoms with Crippen molar-refractivity contribution in [3.8, 4) is 0 Å². The summed E-state index contributed by atoms with van der Waals surface area (Å²) in [5, 5.41) is 18.1. The lowest BCUT2D eigenvalue weighted by atomic mass is 10.0. The van der Waals surface area contributed by atoms with E-state index in [1.165, 1.54) is 36.4 Å². The number of carboxylic acid groups (broad SMARTS) is 1. The largest absolute Gasteiger partial charge is 0.481 e. The van der Waals surface area contributed by atoms with E-state index in [1.807, 2.05) is 0 Å². The van der Waals surface area contributed by atoms with Crippen molar-refractivity contribution >= 4 is 40.8 Å². The molecular formula is C21H19F2N5O2S. The van der Waals surface area contributed by atoms with E-state index in [0.29, 0.717) is 22.8 Å². The summed E-state index contributed by atoms with van der Waals surface area (Å²) >= 11 is 5.29. The molecule has 1 aromatic heterocycles. The smallest absolute Gasteiger partial charge is 0.305 e. The fourth-order valence-corrected chi connectivity index (χ4v) is 3.02. The maximum absolute atomic E-state index is 13.2. The number of hydrogen-bond acceptors (Lipinski definition) is 5. The first kappa shape index (κ1) is 22.0. The molecule has 4 N–H and O–H groups in total. The van der Waals surface area contributed by atoms with Gasteiger partial charge >= 0.3 is 5.97 Å². The maximum atomic E-state index is 13.2. The summed E-state index contributed by atoms with van der Waals surface area (Å²) in [7, 11) is 0. The maximum Gasteiger partial charge on any atom is 0.305 e. The summed E-state index contributed by atoms with van der Waals surface area (Å²) in [5.41, 5.74) is 1.85. The van der Waals surface area contributed by atoms with E-state index in [4.69, 9.17) is 12.2 Å². The molecular weight excluding hydrogens is 424 g/mol.